The van der Waals surface area contributed by atoms with Crippen LogP contribution in [0.25, 0.3) is 16.9 Å². The smallest absolute Gasteiger partial charge is 0.255 e. The van der Waals surface area contributed by atoms with Crippen molar-refractivity contribution in [2.45, 2.75) is 13.8 Å². The molecule has 2 aromatic heterocycles. The average molecular weight is 390 g/mol. The Bertz CT molecular complexity index is 1230. The number of imidazole rings is 1. The lowest BCUT2D eigenvalue weighted by molar-refractivity contribution is 0.102. The zero-order chi connectivity index (χ0) is 20.5. The lowest BCUT2D eigenvalue weighted by Crippen LogP contribution is -2.13. The summed E-state index contributed by atoms with van der Waals surface area (Å²) in [6, 6.07) is 13.4. The molecule has 1 amide bonds. The Morgan fingerprint density at radius 1 is 1.07 bits per heavy atom. The van der Waals surface area contributed by atoms with Crippen LogP contribution in [0.15, 0.2) is 54.7 Å². The molecular weight excluding hydrogens is 371 g/mol. The minimum Gasteiger partial charge on any atom is -0.480 e. The van der Waals surface area contributed by atoms with E-state index in [1.54, 1.807) is 47.1 Å². The minimum atomic E-state index is -0.519. The van der Waals surface area contributed by atoms with Gasteiger partial charge in [0.1, 0.15) is 5.82 Å². The number of rotatable bonds is 4. The molecule has 7 heteroatoms. The number of methoxy groups -OCH3 is 1. The van der Waals surface area contributed by atoms with Gasteiger partial charge in [0.05, 0.1) is 24.7 Å². The predicted octanol–water partition coefficient (Wildman–Crippen LogP) is 4.41. The Hall–Kier alpha value is -3.74. The molecule has 2 aromatic carbocycles. The van der Waals surface area contributed by atoms with Crippen molar-refractivity contribution in [2.75, 3.05) is 12.4 Å². The number of aryl methyl sites for hydroxylation is 2. The predicted molar refractivity (Wildman–Crippen MR) is 109 cm³/mol. The van der Waals surface area contributed by atoms with Crippen LogP contribution in [0.5, 0.6) is 5.88 Å². The van der Waals surface area contributed by atoms with E-state index in [2.05, 4.69) is 15.4 Å². The summed E-state index contributed by atoms with van der Waals surface area (Å²) in [6.45, 7) is 3.90. The molecule has 0 aliphatic carbocycles. The molecule has 0 saturated carbocycles. The van der Waals surface area contributed by atoms with Crippen molar-refractivity contribution in [2.24, 2.45) is 0 Å². The van der Waals surface area contributed by atoms with Gasteiger partial charge in [0.15, 0.2) is 5.65 Å². The summed E-state index contributed by atoms with van der Waals surface area (Å²) in [5.74, 6) is -0.429. The summed E-state index contributed by atoms with van der Waals surface area (Å²) < 4.78 is 21.0. The number of hydrogen-bond acceptors (Lipinski definition) is 4. The molecule has 0 atom stereocenters. The molecule has 0 fully saturated rings. The molecule has 4 rings (SSSR count). The first-order valence-electron chi connectivity index (χ1n) is 9.03. The van der Waals surface area contributed by atoms with Crippen molar-refractivity contribution in [1.82, 2.24) is 14.6 Å². The van der Waals surface area contributed by atoms with Gasteiger partial charge >= 0.3 is 0 Å². The zero-order valence-electron chi connectivity index (χ0n) is 16.2. The number of aromatic nitrogens is 3. The number of hydrogen-bond donors (Lipinski definition) is 1. The first-order valence-corrected chi connectivity index (χ1v) is 9.03. The van der Waals surface area contributed by atoms with Crippen LogP contribution >= 0.6 is 0 Å². The Labute approximate surface area is 167 Å². The highest BCUT2D eigenvalue weighted by Gasteiger charge is 2.13. The quantitative estimate of drug-likeness (QED) is 0.560. The Kier molecular flexibility index (Phi) is 4.72. The minimum absolute atomic E-state index is 0.0910. The summed E-state index contributed by atoms with van der Waals surface area (Å²) in [6.07, 6.45) is 1.72. The van der Waals surface area contributed by atoms with Gasteiger partial charge in [-0.2, -0.15) is 0 Å². The van der Waals surface area contributed by atoms with Crippen LogP contribution in [-0.4, -0.2) is 27.6 Å². The van der Waals surface area contributed by atoms with Gasteiger partial charge in [0, 0.05) is 17.2 Å². The normalized spacial score (nSPS) is 10.9. The number of nitrogens with one attached hydrogen (secondary N) is 1. The van der Waals surface area contributed by atoms with E-state index in [-0.39, 0.29) is 11.6 Å². The Morgan fingerprint density at radius 3 is 2.66 bits per heavy atom. The van der Waals surface area contributed by atoms with Crippen LogP contribution in [0.3, 0.4) is 0 Å². The van der Waals surface area contributed by atoms with Crippen LogP contribution in [0.2, 0.25) is 0 Å². The van der Waals surface area contributed by atoms with Gasteiger partial charge in [0.2, 0.25) is 5.88 Å². The van der Waals surface area contributed by atoms with Crippen LogP contribution in [0.1, 0.15) is 21.5 Å². The average Bonchev–Trinajstić information content (AvgIpc) is 3.14. The van der Waals surface area contributed by atoms with Crippen molar-refractivity contribution >= 4 is 17.2 Å². The summed E-state index contributed by atoms with van der Waals surface area (Å²) in [4.78, 5) is 17.1. The zero-order valence-corrected chi connectivity index (χ0v) is 16.2. The molecule has 0 aliphatic heterocycles. The summed E-state index contributed by atoms with van der Waals surface area (Å²) >= 11 is 0. The fourth-order valence-electron chi connectivity index (χ4n) is 2.97. The second-order valence-corrected chi connectivity index (χ2v) is 6.75. The first-order chi connectivity index (χ1) is 13.9. The van der Waals surface area contributed by atoms with Crippen molar-refractivity contribution in [3.63, 3.8) is 0 Å². The van der Waals surface area contributed by atoms with E-state index < -0.39 is 5.82 Å². The van der Waals surface area contributed by atoms with E-state index >= 15 is 0 Å². The number of benzene rings is 2. The molecular formula is C22H19FN4O2. The van der Waals surface area contributed by atoms with E-state index in [0.29, 0.717) is 28.3 Å². The number of carbonyl (C=O) groups is 1. The lowest BCUT2D eigenvalue weighted by atomic mass is 10.1. The number of amides is 1. The second kappa shape index (κ2) is 7.35. The first kappa shape index (κ1) is 18.6. The summed E-state index contributed by atoms with van der Waals surface area (Å²) in [5, 5.41) is 6.92. The van der Waals surface area contributed by atoms with Gasteiger partial charge in [0.25, 0.3) is 5.91 Å². The van der Waals surface area contributed by atoms with Gasteiger partial charge in [-0.25, -0.2) is 13.9 Å². The monoisotopic (exact) mass is 390 g/mol. The molecule has 29 heavy (non-hydrogen) atoms. The molecule has 146 valence electrons. The number of ether oxygens (including phenoxy) is 1. The number of halogens is 1. The van der Waals surface area contributed by atoms with Crippen LogP contribution < -0.4 is 10.1 Å². The molecule has 0 bridgehead atoms. The maximum Gasteiger partial charge on any atom is 0.255 e. The standard InChI is InChI=1S/C22H19FN4O2/c1-13-4-5-16(10-14(13)2)22(28)25-18-11-15(6-7-17(18)23)19-12-27-20(24-19)8-9-21(26-27)29-3/h4-12H,1-3H3,(H,25,28). The van der Waals surface area contributed by atoms with Crippen LogP contribution in [0.4, 0.5) is 10.1 Å². The van der Waals surface area contributed by atoms with Crippen molar-refractivity contribution in [1.29, 1.82) is 0 Å². The largest absolute Gasteiger partial charge is 0.480 e. The molecule has 4 aromatic rings. The molecule has 0 spiro atoms. The highest BCUT2D eigenvalue weighted by Crippen LogP contribution is 2.25. The SMILES string of the molecule is COc1ccc2nc(-c3ccc(F)c(NC(=O)c4ccc(C)c(C)c4)c3)cn2n1. The maximum atomic E-state index is 14.3. The van der Waals surface area contributed by atoms with Crippen molar-refractivity contribution in [3.05, 3.63) is 77.2 Å². The van der Waals surface area contributed by atoms with Gasteiger partial charge in [-0.3, -0.25) is 4.79 Å². The third-order valence-electron chi connectivity index (χ3n) is 4.78. The Morgan fingerprint density at radius 2 is 1.90 bits per heavy atom. The van der Waals surface area contributed by atoms with E-state index in [1.807, 2.05) is 19.9 Å². The van der Waals surface area contributed by atoms with Gasteiger partial charge in [-0.05, 0) is 61.4 Å². The Balaban J connectivity index is 1.65. The van der Waals surface area contributed by atoms with Gasteiger partial charge in [-0.15, -0.1) is 5.10 Å². The van der Waals surface area contributed by atoms with Gasteiger partial charge in [-0.1, -0.05) is 6.07 Å². The van der Waals surface area contributed by atoms with Crippen LogP contribution in [-0.2, 0) is 0 Å². The summed E-state index contributed by atoms with van der Waals surface area (Å²) in [5.41, 5.74) is 4.55. The molecule has 1 N–H and O–H groups in total. The van der Waals surface area contributed by atoms with Crippen LogP contribution in [0, 0.1) is 19.7 Å². The number of carbonyl (C=O) groups excluding carboxylic acids is 1. The number of anilines is 1. The van der Waals surface area contributed by atoms with Gasteiger partial charge < -0.3 is 10.1 Å². The molecule has 0 aliphatic rings. The molecule has 0 unspecified atom stereocenters. The molecule has 6 nitrogen and oxygen atoms in total. The third kappa shape index (κ3) is 3.67. The summed E-state index contributed by atoms with van der Waals surface area (Å²) in [7, 11) is 1.54. The van der Waals surface area contributed by atoms with E-state index in [0.717, 1.165) is 11.1 Å². The second-order valence-electron chi connectivity index (χ2n) is 6.75. The number of nitrogens with zero attached hydrogens (tertiary/aromatic N) is 3. The van der Waals surface area contributed by atoms with Crippen molar-refractivity contribution in [3.8, 4) is 17.1 Å². The van der Waals surface area contributed by atoms with Crippen molar-refractivity contribution < 1.29 is 13.9 Å². The molecule has 2 heterocycles. The number of fused-ring (bicyclic) bond motifs is 1. The lowest BCUT2D eigenvalue weighted by Gasteiger charge is -2.09. The third-order valence-corrected chi connectivity index (χ3v) is 4.78. The van der Waals surface area contributed by atoms with E-state index in [9.17, 15) is 9.18 Å². The molecule has 0 radical (unpaired) electrons. The van der Waals surface area contributed by atoms with E-state index in [4.69, 9.17) is 4.74 Å². The molecule has 0 saturated heterocycles. The fraction of sp³-hybridized carbons (Fsp3) is 0.136. The highest BCUT2D eigenvalue weighted by molar-refractivity contribution is 6.04. The highest BCUT2D eigenvalue weighted by atomic mass is 19.1. The maximum absolute atomic E-state index is 14.3. The fourth-order valence-corrected chi connectivity index (χ4v) is 2.97. The topological polar surface area (TPSA) is 68.5 Å². The van der Waals surface area contributed by atoms with E-state index in [1.165, 1.54) is 13.2 Å².